The lowest BCUT2D eigenvalue weighted by atomic mass is 10.1. The number of benzene rings is 3. The molecule has 0 spiro atoms. The second-order valence-electron chi connectivity index (χ2n) is 7.93. The van der Waals surface area contributed by atoms with E-state index < -0.39 is 0 Å². The first-order valence-electron chi connectivity index (χ1n) is 10.8. The van der Waals surface area contributed by atoms with E-state index in [1.807, 2.05) is 23.1 Å². The number of rotatable bonds is 3. The molecule has 4 nitrogen and oxygen atoms in total. The van der Waals surface area contributed by atoms with Crippen LogP contribution < -0.4 is 5.32 Å². The molecule has 1 heterocycles. The van der Waals surface area contributed by atoms with Gasteiger partial charge in [-0.15, -0.1) is 0 Å². The molecule has 3 aromatic carbocycles. The maximum Gasteiger partial charge on any atom is 0.254 e. The van der Waals surface area contributed by atoms with E-state index in [1.165, 1.54) is 17.7 Å². The maximum absolute atomic E-state index is 13.4. The van der Waals surface area contributed by atoms with Gasteiger partial charge in [-0.1, -0.05) is 48.5 Å². The van der Waals surface area contributed by atoms with Crippen molar-refractivity contribution in [1.82, 2.24) is 9.80 Å². The Morgan fingerprint density at radius 3 is 2.42 bits per heavy atom. The fourth-order valence-corrected chi connectivity index (χ4v) is 3.96. The molecule has 3 aromatic rings. The van der Waals surface area contributed by atoms with Crippen LogP contribution in [0.1, 0.15) is 27.9 Å². The van der Waals surface area contributed by atoms with Gasteiger partial charge in [0.1, 0.15) is 5.82 Å². The molecular weight excluding hydrogens is 389 g/mol. The molecule has 0 saturated heterocycles. The Morgan fingerprint density at radius 1 is 0.871 bits per heavy atom. The van der Waals surface area contributed by atoms with Crippen LogP contribution in [0.4, 0.5) is 10.1 Å². The second-order valence-corrected chi connectivity index (χ2v) is 7.93. The summed E-state index contributed by atoms with van der Waals surface area (Å²) >= 11 is 0. The number of halogens is 1. The van der Waals surface area contributed by atoms with Crippen LogP contribution >= 0.6 is 0 Å². The SMILES string of the molecule is O=C(c1ccc(F)cc1)N1CCN(Cc2ccccc2)CCCNc2ccccc2C1. The summed E-state index contributed by atoms with van der Waals surface area (Å²) in [7, 11) is 0. The van der Waals surface area contributed by atoms with Gasteiger partial charge < -0.3 is 10.2 Å². The molecule has 0 atom stereocenters. The highest BCUT2D eigenvalue weighted by Crippen LogP contribution is 2.20. The Kier molecular flexibility index (Phi) is 6.95. The summed E-state index contributed by atoms with van der Waals surface area (Å²) in [6, 6.07) is 24.4. The van der Waals surface area contributed by atoms with E-state index in [2.05, 4.69) is 46.6 Å². The molecule has 1 N–H and O–H groups in total. The van der Waals surface area contributed by atoms with Crippen LogP contribution in [0.25, 0.3) is 0 Å². The van der Waals surface area contributed by atoms with Crippen molar-refractivity contribution in [2.24, 2.45) is 0 Å². The van der Waals surface area contributed by atoms with Crippen LogP contribution in [-0.4, -0.2) is 41.9 Å². The molecule has 0 fully saturated rings. The summed E-state index contributed by atoms with van der Waals surface area (Å²) < 4.78 is 13.4. The summed E-state index contributed by atoms with van der Waals surface area (Å²) in [5, 5.41) is 3.54. The fourth-order valence-electron chi connectivity index (χ4n) is 3.96. The topological polar surface area (TPSA) is 35.6 Å². The Labute approximate surface area is 183 Å². The predicted octanol–water partition coefficient (Wildman–Crippen LogP) is 4.79. The third kappa shape index (κ3) is 5.70. The van der Waals surface area contributed by atoms with Crippen LogP contribution in [0, 0.1) is 5.82 Å². The summed E-state index contributed by atoms with van der Waals surface area (Å²) in [4.78, 5) is 17.6. The van der Waals surface area contributed by atoms with Gasteiger partial charge >= 0.3 is 0 Å². The average molecular weight is 418 g/mol. The molecule has 0 bridgehead atoms. The molecule has 4 rings (SSSR count). The Balaban J connectivity index is 1.57. The van der Waals surface area contributed by atoms with Crippen LogP contribution in [0.5, 0.6) is 0 Å². The van der Waals surface area contributed by atoms with Crippen LogP contribution in [0.2, 0.25) is 0 Å². The van der Waals surface area contributed by atoms with Crippen molar-refractivity contribution in [3.8, 4) is 0 Å². The second kappa shape index (κ2) is 10.2. The average Bonchev–Trinajstić information content (AvgIpc) is 2.84. The van der Waals surface area contributed by atoms with E-state index in [-0.39, 0.29) is 11.7 Å². The monoisotopic (exact) mass is 417 g/mol. The molecule has 0 unspecified atom stereocenters. The molecule has 5 heteroatoms. The largest absolute Gasteiger partial charge is 0.385 e. The highest BCUT2D eigenvalue weighted by molar-refractivity contribution is 5.94. The van der Waals surface area contributed by atoms with E-state index in [4.69, 9.17) is 0 Å². The Morgan fingerprint density at radius 2 is 1.61 bits per heavy atom. The zero-order chi connectivity index (χ0) is 21.5. The van der Waals surface area contributed by atoms with E-state index >= 15 is 0 Å². The number of carbonyl (C=O) groups excluding carboxylic acids is 1. The highest BCUT2D eigenvalue weighted by Gasteiger charge is 2.20. The van der Waals surface area contributed by atoms with Gasteiger partial charge in [0.15, 0.2) is 0 Å². The molecule has 0 radical (unpaired) electrons. The predicted molar refractivity (Wildman–Crippen MR) is 122 cm³/mol. The molecule has 0 saturated carbocycles. The van der Waals surface area contributed by atoms with Crippen molar-refractivity contribution in [2.45, 2.75) is 19.5 Å². The number of fused-ring (bicyclic) bond motifs is 1. The number of hydrogen-bond donors (Lipinski definition) is 1. The zero-order valence-corrected chi connectivity index (χ0v) is 17.6. The number of amides is 1. The van der Waals surface area contributed by atoms with Gasteiger partial charge in [0.05, 0.1) is 0 Å². The first-order valence-corrected chi connectivity index (χ1v) is 10.8. The third-order valence-corrected chi connectivity index (χ3v) is 5.66. The van der Waals surface area contributed by atoms with Crippen LogP contribution in [0.15, 0.2) is 78.9 Å². The molecule has 0 aliphatic carbocycles. The minimum Gasteiger partial charge on any atom is -0.385 e. The van der Waals surface area contributed by atoms with Crippen LogP contribution in [0.3, 0.4) is 0 Å². The van der Waals surface area contributed by atoms with Crippen molar-refractivity contribution in [3.63, 3.8) is 0 Å². The number of anilines is 1. The summed E-state index contributed by atoms with van der Waals surface area (Å²) in [6.45, 7) is 4.59. The first kappa shape index (κ1) is 21.1. The number of carbonyl (C=O) groups is 1. The normalized spacial score (nSPS) is 15.5. The molecule has 31 heavy (non-hydrogen) atoms. The standard InChI is InChI=1S/C26H28FN3O/c27-24-13-11-22(12-14-24)26(31)30-18-17-29(19-21-7-2-1-3-8-21)16-6-15-28-25-10-5-4-9-23(25)20-30/h1-5,7-14,28H,6,15-20H2. The zero-order valence-electron chi connectivity index (χ0n) is 17.6. The minimum atomic E-state index is -0.336. The molecule has 1 aliphatic rings. The molecule has 0 aromatic heterocycles. The number of nitrogens with zero attached hydrogens (tertiary/aromatic N) is 2. The van der Waals surface area contributed by atoms with Gasteiger partial charge in [-0.3, -0.25) is 9.69 Å². The van der Waals surface area contributed by atoms with E-state index in [0.717, 1.165) is 43.9 Å². The fraction of sp³-hybridized carbons (Fsp3) is 0.269. The number of para-hydroxylation sites is 1. The van der Waals surface area contributed by atoms with E-state index in [0.29, 0.717) is 18.7 Å². The molecular formula is C26H28FN3O. The number of hydrogen-bond acceptors (Lipinski definition) is 3. The van der Waals surface area contributed by atoms with Gasteiger partial charge in [-0.05, 0) is 47.9 Å². The lowest BCUT2D eigenvalue weighted by Gasteiger charge is -2.28. The minimum absolute atomic E-state index is 0.0753. The third-order valence-electron chi connectivity index (χ3n) is 5.66. The van der Waals surface area contributed by atoms with E-state index in [1.54, 1.807) is 12.1 Å². The van der Waals surface area contributed by atoms with Gasteiger partial charge in [0, 0.05) is 50.5 Å². The van der Waals surface area contributed by atoms with Crippen molar-refractivity contribution in [3.05, 3.63) is 101 Å². The first-order chi connectivity index (χ1) is 15.2. The lowest BCUT2D eigenvalue weighted by molar-refractivity contribution is 0.0720. The van der Waals surface area contributed by atoms with Gasteiger partial charge in [-0.2, -0.15) is 0 Å². The molecule has 1 aliphatic heterocycles. The van der Waals surface area contributed by atoms with Crippen molar-refractivity contribution >= 4 is 11.6 Å². The molecule has 160 valence electrons. The van der Waals surface area contributed by atoms with Crippen LogP contribution in [-0.2, 0) is 13.1 Å². The van der Waals surface area contributed by atoms with Gasteiger partial charge in [0.25, 0.3) is 5.91 Å². The number of nitrogens with one attached hydrogen (secondary N) is 1. The Hall–Kier alpha value is -3.18. The lowest BCUT2D eigenvalue weighted by Crippen LogP contribution is -2.38. The summed E-state index contributed by atoms with van der Waals surface area (Å²) in [5.41, 5.74) is 3.94. The highest BCUT2D eigenvalue weighted by atomic mass is 19.1. The molecule has 1 amide bonds. The van der Waals surface area contributed by atoms with Gasteiger partial charge in [-0.25, -0.2) is 4.39 Å². The Bertz CT molecular complexity index is 991. The summed E-state index contributed by atoms with van der Waals surface area (Å²) in [5.74, 6) is -0.411. The smallest absolute Gasteiger partial charge is 0.254 e. The quantitative estimate of drug-likeness (QED) is 0.666. The van der Waals surface area contributed by atoms with Crippen molar-refractivity contribution in [2.75, 3.05) is 31.5 Å². The van der Waals surface area contributed by atoms with Crippen molar-refractivity contribution in [1.29, 1.82) is 0 Å². The van der Waals surface area contributed by atoms with Gasteiger partial charge in [0.2, 0.25) is 0 Å². The maximum atomic E-state index is 13.4. The summed E-state index contributed by atoms with van der Waals surface area (Å²) in [6.07, 6.45) is 1.02. The van der Waals surface area contributed by atoms with Crippen molar-refractivity contribution < 1.29 is 9.18 Å². The van der Waals surface area contributed by atoms with E-state index in [9.17, 15) is 9.18 Å².